The molecule has 1 aliphatic rings. The Morgan fingerprint density at radius 1 is 1.56 bits per heavy atom. The fraction of sp³-hybridized carbons (Fsp3) is 0.500. The Morgan fingerprint density at radius 3 is 3.11 bits per heavy atom. The third-order valence-corrected chi connectivity index (χ3v) is 3.49. The summed E-state index contributed by atoms with van der Waals surface area (Å²) in [5, 5.41) is 12.3. The van der Waals surface area contributed by atoms with Gasteiger partial charge < -0.3 is 16.0 Å². The molecule has 0 aromatic heterocycles. The smallest absolute Gasteiger partial charge is 0.101 e. The highest BCUT2D eigenvalue weighted by Gasteiger charge is 2.16. The van der Waals surface area contributed by atoms with Crippen LogP contribution in [0.3, 0.4) is 0 Å². The maximum Gasteiger partial charge on any atom is 0.101 e. The fourth-order valence-corrected chi connectivity index (χ4v) is 2.47. The highest BCUT2D eigenvalue weighted by Crippen LogP contribution is 2.19. The van der Waals surface area contributed by atoms with E-state index in [9.17, 15) is 0 Å². The first kappa shape index (κ1) is 12.7. The van der Waals surface area contributed by atoms with E-state index < -0.39 is 0 Å². The van der Waals surface area contributed by atoms with E-state index in [0.29, 0.717) is 17.2 Å². The van der Waals surface area contributed by atoms with Crippen LogP contribution in [0.15, 0.2) is 18.2 Å². The van der Waals surface area contributed by atoms with E-state index in [2.05, 4.69) is 23.3 Å². The molecule has 0 amide bonds. The molecule has 0 bridgehead atoms. The minimum atomic E-state index is 0.542. The second-order valence-electron chi connectivity index (χ2n) is 5.07. The van der Waals surface area contributed by atoms with Crippen LogP contribution < -0.4 is 11.1 Å². The van der Waals surface area contributed by atoms with Gasteiger partial charge in [-0.1, -0.05) is 0 Å². The third-order valence-electron chi connectivity index (χ3n) is 3.49. The molecule has 1 aromatic carbocycles. The molecule has 1 aromatic rings. The van der Waals surface area contributed by atoms with Gasteiger partial charge in [0.2, 0.25) is 0 Å². The van der Waals surface area contributed by atoms with Crippen LogP contribution in [0.2, 0.25) is 0 Å². The minimum Gasteiger partial charge on any atom is -0.398 e. The second-order valence-corrected chi connectivity index (χ2v) is 5.07. The van der Waals surface area contributed by atoms with E-state index in [-0.39, 0.29) is 0 Å². The number of nitrogens with zero attached hydrogens (tertiary/aromatic N) is 2. The molecule has 3 N–H and O–H groups in total. The first-order valence-electron chi connectivity index (χ1n) is 6.41. The molecular weight excluding hydrogens is 224 g/mol. The summed E-state index contributed by atoms with van der Waals surface area (Å²) in [4.78, 5) is 2.37. The Kier molecular flexibility index (Phi) is 4.06. The lowest BCUT2D eigenvalue weighted by Gasteiger charge is -2.30. The van der Waals surface area contributed by atoms with Crippen molar-refractivity contribution in [3.05, 3.63) is 23.8 Å². The van der Waals surface area contributed by atoms with Crippen molar-refractivity contribution in [3.8, 4) is 6.07 Å². The Hall–Kier alpha value is -1.73. The van der Waals surface area contributed by atoms with Gasteiger partial charge in [-0.2, -0.15) is 5.26 Å². The largest absolute Gasteiger partial charge is 0.398 e. The SMILES string of the molecule is CN1CCCC(CNc2ccc(N)c(C#N)c2)C1. The van der Waals surface area contributed by atoms with Gasteiger partial charge in [0.15, 0.2) is 0 Å². The van der Waals surface area contributed by atoms with Gasteiger partial charge in [-0.15, -0.1) is 0 Å². The molecular formula is C14H20N4. The molecule has 1 atom stereocenters. The number of anilines is 2. The van der Waals surface area contributed by atoms with Gasteiger partial charge in [-0.3, -0.25) is 0 Å². The summed E-state index contributed by atoms with van der Waals surface area (Å²) in [7, 11) is 2.17. The molecule has 2 rings (SSSR count). The monoisotopic (exact) mass is 244 g/mol. The Bertz CT molecular complexity index is 450. The number of rotatable bonds is 3. The molecule has 18 heavy (non-hydrogen) atoms. The van der Waals surface area contributed by atoms with E-state index >= 15 is 0 Å². The number of hydrogen-bond donors (Lipinski definition) is 2. The van der Waals surface area contributed by atoms with Crippen LogP contribution in [-0.2, 0) is 0 Å². The first-order valence-corrected chi connectivity index (χ1v) is 6.41. The molecule has 4 nitrogen and oxygen atoms in total. The second kappa shape index (κ2) is 5.74. The van der Waals surface area contributed by atoms with Crippen LogP contribution in [0.4, 0.5) is 11.4 Å². The Labute approximate surface area is 108 Å². The number of nitrogens with one attached hydrogen (secondary N) is 1. The molecule has 0 saturated carbocycles. The van der Waals surface area contributed by atoms with E-state index in [1.54, 1.807) is 6.07 Å². The maximum absolute atomic E-state index is 8.93. The maximum atomic E-state index is 8.93. The molecule has 1 aliphatic heterocycles. The van der Waals surface area contributed by atoms with Crippen LogP contribution in [-0.4, -0.2) is 31.6 Å². The first-order chi connectivity index (χ1) is 8.69. The molecule has 96 valence electrons. The number of hydrogen-bond acceptors (Lipinski definition) is 4. The lowest BCUT2D eigenvalue weighted by Crippen LogP contribution is -2.35. The highest BCUT2D eigenvalue weighted by atomic mass is 15.1. The topological polar surface area (TPSA) is 65.1 Å². The van der Waals surface area contributed by atoms with Crippen LogP contribution in [0.25, 0.3) is 0 Å². The van der Waals surface area contributed by atoms with E-state index in [0.717, 1.165) is 18.8 Å². The summed E-state index contributed by atoms with van der Waals surface area (Å²) >= 11 is 0. The van der Waals surface area contributed by atoms with Crippen molar-refractivity contribution < 1.29 is 0 Å². The molecule has 4 heteroatoms. The van der Waals surface area contributed by atoms with Crippen molar-refractivity contribution in [2.45, 2.75) is 12.8 Å². The van der Waals surface area contributed by atoms with Crippen LogP contribution >= 0.6 is 0 Å². The molecule has 1 heterocycles. The van der Waals surface area contributed by atoms with Crippen LogP contribution in [0.1, 0.15) is 18.4 Å². The summed E-state index contributed by atoms with van der Waals surface area (Å²) in [6.45, 7) is 3.31. The van der Waals surface area contributed by atoms with Gasteiger partial charge in [0.1, 0.15) is 6.07 Å². The predicted molar refractivity (Wildman–Crippen MR) is 74.3 cm³/mol. The summed E-state index contributed by atoms with van der Waals surface area (Å²) in [6.07, 6.45) is 2.55. The number of piperidine rings is 1. The van der Waals surface area contributed by atoms with Crippen molar-refractivity contribution in [3.63, 3.8) is 0 Å². The summed E-state index contributed by atoms with van der Waals surface area (Å²) < 4.78 is 0. The van der Waals surface area contributed by atoms with Gasteiger partial charge in [-0.05, 0) is 50.6 Å². The van der Waals surface area contributed by atoms with Gasteiger partial charge >= 0.3 is 0 Å². The standard InChI is InChI=1S/C14H20N4/c1-18-6-2-3-11(10-18)9-17-13-4-5-14(16)12(7-13)8-15/h4-5,7,11,17H,2-3,6,9-10,16H2,1H3. The number of nitriles is 1. The quantitative estimate of drug-likeness (QED) is 0.797. The Morgan fingerprint density at radius 2 is 2.39 bits per heavy atom. The van der Waals surface area contributed by atoms with Gasteiger partial charge in [-0.25, -0.2) is 0 Å². The lowest BCUT2D eigenvalue weighted by atomic mass is 9.98. The van der Waals surface area contributed by atoms with Crippen LogP contribution in [0.5, 0.6) is 0 Å². The van der Waals surface area contributed by atoms with Gasteiger partial charge in [0.05, 0.1) is 5.56 Å². The van der Waals surface area contributed by atoms with Gasteiger partial charge in [0, 0.05) is 24.5 Å². The number of nitrogen functional groups attached to an aromatic ring is 1. The minimum absolute atomic E-state index is 0.542. The zero-order valence-corrected chi connectivity index (χ0v) is 10.8. The van der Waals surface area contributed by atoms with E-state index in [1.165, 1.54) is 19.4 Å². The predicted octanol–water partition coefficient (Wildman–Crippen LogP) is 1.89. The molecule has 1 unspecified atom stereocenters. The summed E-state index contributed by atoms with van der Waals surface area (Å²) in [5.41, 5.74) is 7.77. The molecule has 0 radical (unpaired) electrons. The van der Waals surface area contributed by atoms with E-state index in [1.807, 2.05) is 12.1 Å². The number of nitrogens with two attached hydrogens (primary N) is 1. The zero-order valence-electron chi connectivity index (χ0n) is 10.8. The van der Waals surface area contributed by atoms with Crippen molar-refractivity contribution in [1.29, 1.82) is 5.26 Å². The zero-order chi connectivity index (χ0) is 13.0. The molecule has 0 spiro atoms. The van der Waals surface area contributed by atoms with Gasteiger partial charge in [0.25, 0.3) is 0 Å². The summed E-state index contributed by atoms with van der Waals surface area (Å²) in [5.74, 6) is 0.687. The van der Waals surface area contributed by atoms with Crippen molar-refractivity contribution in [1.82, 2.24) is 4.90 Å². The van der Waals surface area contributed by atoms with Crippen molar-refractivity contribution in [2.75, 3.05) is 37.7 Å². The molecule has 1 fully saturated rings. The number of likely N-dealkylation sites (tertiary alicyclic amines) is 1. The van der Waals surface area contributed by atoms with Crippen molar-refractivity contribution >= 4 is 11.4 Å². The summed E-state index contributed by atoms with van der Waals surface area (Å²) in [6, 6.07) is 7.65. The lowest BCUT2D eigenvalue weighted by molar-refractivity contribution is 0.217. The average Bonchev–Trinajstić information content (AvgIpc) is 2.38. The average molecular weight is 244 g/mol. The highest BCUT2D eigenvalue weighted by molar-refractivity contribution is 5.61. The number of benzene rings is 1. The third kappa shape index (κ3) is 3.14. The Balaban J connectivity index is 1.92. The molecule has 1 saturated heterocycles. The molecule has 0 aliphatic carbocycles. The van der Waals surface area contributed by atoms with Crippen LogP contribution in [0, 0.1) is 17.2 Å². The fourth-order valence-electron chi connectivity index (χ4n) is 2.47. The van der Waals surface area contributed by atoms with Crippen molar-refractivity contribution in [2.24, 2.45) is 5.92 Å². The normalized spacial score (nSPS) is 20.3. The van der Waals surface area contributed by atoms with E-state index in [4.69, 9.17) is 11.0 Å².